The number of carbonyl (C=O) groups excluding carboxylic acids is 1. The molecule has 0 fully saturated rings. The number of rotatable bonds is 6. The molecule has 29 heavy (non-hydrogen) atoms. The Morgan fingerprint density at radius 3 is 2.34 bits per heavy atom. The molecular formula is C23H21ClN2O3. The number of anilines is 2. The van der Waals surface area contributed by atoms with Crippen molar-refractivity contribution in [3.8, 4) is 11.5 Å². The Morgan fingerprint density at radius 1 is 0.897 bits per heavy atom. The molecule has 0 unspecified atom stereocenters. The zero-order valence-electron chi connectivity index (χ0n) is 16.1. The largest absolute Gasteiger partial charge is 0.497 e. The maximum Gasteiger partial charge on any atom is 0.323 e. The second-order valence-corrected chi connectivity index (χ2v) is 6.53. The van der Waals surface area contributed by atoms with E-state index in [-0.39, 0.29) is 6.03 Å². The molecular weight excluding hydrogens is 388 g/mol. The Labute approximate surface area is 174 Å². The highest BCUT2D eigenvalue weighted by atomic mass is 35.5. The van der Waals surface area contributed by atoms with Gasteiger partial charge in [-0.05, 0) is 48.0 Å². The van der Waals surface area contributed by atoms with Crippen LogP contribution in [0, 0.1) is 0 Å². The standard InChI is InChI=1S/C23H21ClN2O3/c1-28-19-13-14-22(29-2)17(15-19)10-7-16-8-11-18(12-9-16)25-23(27)26-21-6-4-3-5-20(21)24/h3-15H,1-2H3,(H2,25,26,27)/b10-7+. The fourth-order valence-corrected chi connectivity index (χ4v) is 2.86. The molecule has 0 spiro atoms. The summed E-state index contributed by atoms with van der Waals surface area (Å²) in [5, 5.41) is 5.99. The first kappa shape index (κ1) is 20.3. The predicted molar refractivity (Wildman–Crippen MR) is 119 cm³/mol. The smallest absolute Gasteiger partial charge is 0.323 e. The lowest BCUT2D eigenvalue weighted by Crippen LogP contribution is -2.19. The maximum absolute atomic E-state index is 12.1. The van der Waals surface area contributed by atoms with E-state index < -0.39 is 0 Å². The molecule has 0 saturated heterocycles. The van der Waals surface area contributed by atoms with Gasteiger partial charge >= 0.3 is 6.03 Å². The molecule has 148 valence electrons. The van der Waals surface area contributed by atoms with Crippen molar-refractivity contribution in [3.05, 3.63) is 82.9 Å². The molecule has 3 rings (SSSR count). The molecule has 0 bridgehead atoms. The third-order valence-corrected chi connectivity index (χ3v) is 4.51. The molecule has 3 aromatic rings. The number of ether oxygens (including phenoxy) is 2. The number of methoxy groups -OCH3 is 2. The van der Waals surface area contributed by atoms with Crippen LogP contribution in [0.1, 0.15) is 11.1 Å². The summed E-state index contributed by atoms with van der Waals surface area (Å²) in [5.74, 6) is 1.52. The highest BCUT2D eigenvalue weighted by molar-refractivity contribution is 6.33. The fourth-order valence-electron chi connectivity index (χ4n) is 2.68. The van der Waals surface area contributed by atoms with Crippen LogP contribution in [0.2, 0.25) is 5.02 Å². The van der Waals surface area contributed by atoms with E-state index in [1.165, 1.54) is 0 Å². The minimum absolute atomic E-state index is 0.359. The zero-order valence-corrected chi connectivity index (χ0v) is 16.9. The number of hydrogen-bond acceptors (Lipinski definition) is 3. The van der Waals surface area contributed by atoms with Gasteiger partial charge in [-0.25, -0.2) is 4.79 Å². The van der Waals surface area contributed by atoms with Crippen molar-refractivity contribution in [2.45, 2.75) is 0 Å². The molecule has 0 aliphatic carbocycles. The molecule has 0 radical (unpaired) electrons. The van der Waals surface area contributed by atoms with Crippen molar-refractivity contribution >= 4 is 41.2 Å². The Kier molecular flexibility index (Phi) is 6.76. The molecule has 3 aromatic carbocycles. The molecule has 0 aliphatic heterocycles. The van der Waals surface area contributed by atoms with Gasteiger partial charge in [-0.2, -0.15) is 0 Å². The average molecular weight is 409 g/mol. The van der Waals surface area contributed by atoms with Crippen molar-refractivity contribution in [2.24, 2.45) is 0 Å². The number of para-hydroxylation sites is 1. The van der Waals surface area contributed by atoms with E-state index >= 15 is 0 Å². The lowest BCUT2D eigenvalue weighted by Gasteiger charge is -2.09. The first-order valence-electron chi connectivity index (χ1n) is 8.92. The van der Waals surface area contributed by atoms with Gasteiger partial charge in [-0.15, -0.1) is 0 Å². The Bertz CT molecular complexity index is 1020. The highest BCUT2D eigenvalue weighted by Gasteiger charge is 2.05. The lowest BCUT2D eigenvalue weighted by molar-refractivity contribution is 0.262. The van der Waals surface area contributed by atoms with Crippen molar-refractivity contribution in [1.82, 2.24) is 0 Å². The number of halogens is 1. The SMILES string of the molecule is COc1ccc(OC)c(/C=C/c2ccc(NC(=O)Nc3ccccc3Cl)cc2)c1. The van der Waals surface area contributed by atoms with E-state index in [4.69, 9.17) is 21.1 Å². The Hall–Kier alpha value is -3.44. The first-order chi connectivity index (χ1) is 14.1. The highest BCUT2D eigenvalue weighted by Crippen LogP contribution is 2.26. The number of benzene rings is 3. The molecule has 0 atom stereocenters. The summed E-state index contributed by atoms with van der Waals surface area (Å²) in [4.78, 5) is 12.1. The van der Waals surface area contributed by atoms with Gasteiger partial charge in [-0.1, -0.05) is 48.0 Å². The summed E-state index contributed by atoms with van der Waals surface area (Å²) in [6.45, 7) is 0. The molecule has 0 aliphatic rings. The summed E-state index contributed by atoms with van der Waals surface area (Å²) in [7, 11) is 3.26. The average Bonchev–Trinajstić information content (AvgIpc) is 2.74. The summed E-state index contributed by atoms with van der Waals surface area (Å²) >= 11 is 6.05. The van der Waals surface area contributed by atoms with Crippen molar-refractivity contribution in [3.63, 3.8) is 0 Å². The van der Waals surface area contributed by atoms with Gasteiger partial charge in [-0.3, -0.25) is 0 Å². The number of carbonyl (C=O) groups is 1. The molecule has 0 heterocycles. The fraction of sp³-hybridized carbons (Fsp3) is 0.0870. The van der Waals surface area contributed by atoms with Gasteiger partial charge in [0.05, 0.1) is 24.9 Å². The van der Waals surface area contributed by atoms with Crippen LogP contribution in [-0.4, -0.2) is 20.3 Å². The van der Waals surface area contributed by atoms with Crippen LogP contribution in [0.25, 0.3) is 12.2 Å². The van der Waals surface area contributed by atoms with Gasteiger partial charge in [0.15, 0.2) is 0 Å². The molecule has 0 saturated carbocycles. The quantitative estimate of drug-likeness (QED) is 0.479. The van der Waals surface area contributed by atoms with Crippen LogP contribution in [-0.2, 0) is 0 Å². The van der Waals surface area contributed by atoms with Crippen molar-refractivity contribution in [2.75, 3.05) is 24.9 Å². The van der Waals surface area contributed by atoms with Crippen molar-refractivity contribution < 1.29 is 14.3 Å². The molecule has 0 aromatic heterocycles. The first-order valence-corrected chi connectivity index (χ1v) is 9.29. The zero-order chi connectivity index (χ0) is 20.6. The molecule has 5 nitrogen and oxygen atoms in total. The molecule has 6 heteroatoms. The van der Waals surface area contributed by atoms with E-state index in [2.05, 4.69) is 10.6 Å². The van der Waals surface area contributed by atoms with Crippen LogP contribution in [0.4, 0.5) is 16.2 Å². The van der Waals surface area contributed by atoms with Gasteiger partial charge in [0, 0.05) is 11.3 Å². The van der Waals surface area contributed by atoms with E-state index in [0.717, 1.165) is 22.6 Å². The van der Waals surface area contributed by atoms with Crippen LogP contribution in [0.5, 0.6) is 11.5 Å². The van der Waals surface area contributed by atoms with E-state index in [9.17, 15) is 4.79 Å². The Balaban J connectivity index is 1.65. The number of hydrogen-bond donors (Lipinski definition) is 2. The van der Waals surface area contributed by atoms with Gasteiger partial charge in [0.25, 0.3) is 0 Å². The van der Waals surface area contributed by atoms with Gasteiger partial charge < -0.3 is 20.1 Å². The second kappa shape index (κ2) is 9.66. The van der Waals surface area contributed by atoms with Crippen LogP contribution in [0.15, 0.2) is 66.7 Å². The van der Waals surface area contributed by atoms with Crippen LogP contribution < -0.4 is 20.1 Å². The summed E-state index contributed by atoms with van der Waals surface area (Å²) in [6.07, 6.45) is 3.92. The van der Waals surface area contributed by atoms with Gasteiger partial charge in [0.1, 0.15) is 11.5 Å². The summed E-state index contributed by atoms with van der Waals surface area (Å²) in [5.41, 5.74) is 3.12. The monoisotopic (exact) mass is 408 g/mol. The lowest BCUT2D eigenvalue weighted by atomic mass is 10.1. The third-order valence-electron chi connectivity index (χ3n) is 4.18. The summed E-state index contributed by atoms with van der Waals surface area (Å²) in [6, 6.07) is 19.8. The predicted octanol–water partition coefficient (Wildman–Crippen LogP) is 6.17. The van der Waals surface area contributed by atoms with E-state index in [0.29, 0.717) is 16.4 Å². The summed E-state index contributed by atoms with van der Waals surface area (Å²) < 4.78 is 10.6. The second-order valence-electron chi connectivity index (χ2n) is 6.12. The topological polar surface area (TPSA) is 59.6 Å². The van der Waals surface area contributed by atoms with Gasteiger partial charge in [0.2, 0.25) is 0 Å². The number of urea groups is 1. The van der Waals surface area contributed by atoms with Crippen LogP contribution >= 0.6 is 11.6 Å². The normalized spacial score (nSPS) is 10.6. The molecule has 2 N–H and O–H groups in total. The minimum atomic E-state index is -0.359. The van der Waals surface area contributed by atoms with Crippen LogP contribution in [0.3, 0.4) is 0 Å². The molecule has 2 amide bonds. The Morgan fingerprint density at radius 2 is 1.66 bits per heavy atom. The van der Waals surface area contributed by atoms with E-state index in [1.54, 1.807) is 38.5 Å². The number of amides is 2. The third kappa shape index (κ3) is 5.53. The number of nitrogens with one attached hydrogen (secondary N) is 2. The maximum atomic E-state index is 12.1. The van der Waals surface area contributed by atoms with Crippen molar-refractivity contribution in [1.29, 1.82) is 0 Å². The van der Waals surface area contributed by atoms with E-state index in [1.807, 2.05) is 54.6 Å². The minimum Gasteiger partial charge on any atom is -0.497 e.